The Bertz CT molecular complexity index is 824. The molecule has 116 valence electrons. The van der Waals surface area contributed by atoms with Crippen molar-refractivity contribution in [2.24, 2.45) is 0 Å². The number of fused-ring (bicyclic) bond motifs is 1. The third kappa shape index (κ3) is 3.64. The maximum absolute atomic E-state index is 11.9. The summed E-state index contributed by atoms with van der Waals surface area (Å²) >= 11 is 0. The van der Waals surface area contributed by atoms with Crippen molar-refractivity contribution < 1.29 is 9.90 Å². The van der Waals surface area contributed by atoms with Crippen LogP contribution >= 0.6 is 0 Å². The SMILES string of the molecule is O=C(C=Cc1c[nH]c2ncccc12)NC[C@@H](O)c1ccccc1. The Kier molecular flexibility index (Phi) is 4.49. The molecule has 2 heterocycles. The van der Waals surface area contributed by atoms with Crippen LogP contribution in [0.25, 0.3) is 17.1 Å². The summed E-state index contributed by atoms with van der Waals surface area (Å²) in [5.74, 6) is -0.252. The van der Waals surface area contributed by atoms with Gasteiger partial charge in [0.05, 0.1) is 6.10 Å². The molecule has 1 amide bonds. The Balaban J connectivity index is 1.59. The minimum absolute atomic E-state index is 0.169. The molecule has 2 aromatic heterocycles. The number of carbonyl (C=O) groups is 1. The molecule has 0 fully saturated rings. The van der Waals surface area contributed by atoms with Gasteiger partial charge in [0.15, 0.2) is 0 Å². The van der Waals surface area contributed by atoms with Gasteiger partial charge in [-0.25, -0.2) is 4.98 Å². The lowest BCUT2D eigenvalue weighted by Gasteiger charge is -2.10. The van der Waals surface area contributed by atoms with E-state index < -0.39 is 6.10 Å². The van der Waals surface area contributed by atoms with Gasteiger partial charge in [-0.1, -0.05) is 30.3 Å². The number of amides is 1. The largest absolute Gasteiger partial charge is 0.387 e. The molecule has 1 aromatic carbocycles. The Morgan fingerprint density at radius 1 is 1.26 bits per heavy atom. The van der Waals surface area contributed by atoms with E-state index in [2.05, 4.69) is 15.3 Å². The number of aromatic nitrogens is 2. The number of aliphatic hydroxyl groups is 1. The van der Waals surface area contributed by atoms with Crippen LogP contribution in [0.3, 0.4) is 0 Å². The first-order valence-electron chi connectivity index (χ1n) is 7.35. The molecule has 0 spiro atoms. The minimum atomic E-state index is -0.717. The van der Waals surface area contributed by atoms with Crippen molar-refractivity contribution >= 4 is 23.0 Å². The topological polar surface area (TPSA) is 78.0 Å². The predicted molar refractivity (Wildman–Crippen MR) is 89.5 cm³/mol. The molecule has 0 bridgehead atoms. The number of nitrogens with one attached hydrogen (secondary N) is 2. The van der Waals surface area contributed by atoms with Gasteiger partial charge in [-0.05, 0) is 23.8 Å². The first kappa shape index (κ1) is 15.0. The molecule has 1 atom stereocenters. The number of rotatable bonds is 5. The molecule has 5 nitrogen and oxygen atoms in total. The van der Waals surface area contributed by atoms with Crippen LogP contribution < -0.4 is 5.32 Å². The number of pyridine rings is 1. The van der Waals surface area contributed by atoms with Crippen LogP contribution in [-0.4, -0.2) is 27.5 Å². The fraction of sp³-hybridized carbons (Fsp3) is 0.111. The second kappa shape index (κ2) is 6.89. The van der Waals surface area contributed by atoms with E-state index in [4.69, 9.17) is 0 Å². The standard InChI is InChI=1S/C18H17N3O2/c22-16(13-5-2-1-3-6-13)12-20-17(23)9-8-14-11-21-18-15(14)7-4-10-19-18/h1-11,16,22H,12H2,(H,19,21)(H,20,23)/t16-/m1/s1. The van der Waals surface area contributed by atoms with Gasteiger partial charge in [-0.2, -0.15) is 0 Å². The molecule has 3 rings (SSSR count). The fourth-order valence-corrected chi connectivity index (χ4v) is 2.33. The molecule has 3 aromatic rings. The highest BCUT2D eigenvalue weighted by molar-refractivity contribution is 5.95. The van der Waals surface area contributed by atoms with Gasteiger partial charge in [0.1, 0.15) is 5.65 Å². The van der Waals surface area contributed by atoms with E-state index in [1.165, 1.54) is 6.08 Å². The molecule has 0 saturated heterocycles. The van der Waals surface area contributed by atoms with Crippen LogP contribution in [0.2, 0.25) is 0 Å². The molecule has 0 radical (unpaired) electrons. The number of aromatic amines is 1. The van der Waals surface area contributed by atoms with E-state index in [0.29, 0.717) is 0 Å². The van der Waals surface area contributed by atoms with Crippen molar-refractivity contribution in [3.8, 4) is 0 Å². The molecular weight excluding hydrogens is 290 g/mol. The number of nitrogens with zero attached hydrogens (tertiary/aromatic N) is 1. The van der Waals surface area contributed by atoms with Gasteiger partial charge < -0.3 is 15.4 Å². The van der Waals surface area contributed by atoms with Gasteiger partial charge in [-0.3, -0.25) is 4.79 Å². The summed E-state index contributed by atoms with van der Waals surface area (Å²) in [5, 5.41) is 13.7. The van der Waals surface area contributed by atoms with E-state index >= 15 is 0 Å². The Morgan fingerprint density at radius 3 is 2.91 bits per heavy atom. The second-order valence-electron chi connectivity index (χ2n) is 5.15. The summed E-state index contributed by atoms with van der Waals surface area (Å²) < 4.78 is 0. The van der Waals surface area contributed by atoms with Crippen molar-refractivity contribution in [3.05, 3.63) is 72.1 Å². The molecule has 0 aliphatic heterocycles. The van der Waals surface area contributed by atoms with Gasteiger partial charge in [0.2, 0.25) is 5.91 Å². The summed E-state index contributed by atoms with van der Waals surface area (Å²) in [6.45, 7) is 0.169. The zero-order valence-electron chi connectivity index (χ0n) is 12.4. The van der Waals surface area contributed by atoms with Crippen LogP contribution in [0.1, 0.15) is 17.2 Å². The highest BCUT2D eigenvalue weighted by Crippen LogP contribution is 2.16. The zero-order valence-corrected chi connectivity index (χ0v) is 12.4. The number of hydrogen-bond acceptors (Lipinski definition) is 3. The fourth-order valence-electron chi connectivity index (χ4n) is 2.33. The number of aliphatic hydroxyl groups excluding tert-OH is 1. The highest BCUT2D eigenvalue weighted by Gasteiger charge is 2.07. The number of benzene rings is 1. The maximum Gasteiger partial charge on any atom is 0.244 e. The third-order valence-corrected chi connectivity index (χ3v) is 3.55. The maximum atomic E-state index is 11.9. The summed E-state index contributed by atoms with van der Waals surface area (Å²) in [6.07, 6.45) is 5.98. The van der Waals surface area contributed by atoms with Gasteiger partial charge in [-0.15, -0.1) is 0 Å². The quantitative estimate of drug-likeness (QED) is 0.633. The van der Waals surface area contributed by atoms with E-state index in [9.17, 15) is 9.90 Å². The lowest BCUT2D eigenvalue weighted by molar-refractivity contribution is -0.116. The van der Waals surface area contributed by atoms with Crippen LogP contribution in [0.5, 0.6) is 0 Å². The van der Waals surface area contributed by atoms with Crippen LogP contribution in [0.4, 0.5) is 0 Å². The lowest BCUT2D eigenvalue weighted by atomic mass is 10.1. The molecule has 23 heavy (non-hydrogen) atoms. The number of hydrogen-bond donors (Lipinski definition) is 3. The number of carbonyl (C=O) groups excluding carboxylic acids is 1. The van der Waals surface area contributed by atoms with Gasteiger partial charge in [0, 0.05) is 36.0 Å². The van der Waals surface area contributed by atoms with Crippen molar-refractivity contribution in [2.75, 3.05) is 6.54 Å². The lowest BCUT2D eigenvalue weighted by Crippen LogP contribution is -2.26. The van der Waals surface area contributed by atoms with E-state index in [-0.39, 0.29) is 12.5 Å². The molecular formula is C18H17N3O2. The van der Waals surface area contributed by atoms with Gasteiger partial charge >= 0.3 is 0 Å². The Labute approximate surface area is 133 Å². The zero-order chi connectivity index (χ0) is 16.1. The summed E-state index contributed by atoms with van der Waals surface area (Å²) in [7, 11) is 0. The molecule has 5 heteroatoms. The molecule has 0 unspecified atom stereocenters. The Hall–Kier alpha value is -2.92. The van der Waals surface area contributed by atoms with Crippen molar-refractivity contribution in [3.63, 3.8) is 0 Å². The second-order valence-corrected chi connectivity index (χ2v) is 5.15. The molecule has 0 aliphatic rings. The van der Waals surface area contributed by atoms with Crippen LogP contribution in [-0.2, 0) is 4.79 Å². The molecule has 0 aliphatic carbocycles. The summed E-state index contributed by atoms with van der Waals surface area (Å²) in [4.78, 5) is 19.1. The van der Waals surface area contributed by atoms with Gasteiger partial charge in [0.25, 0.3) is 0 Å². The average molecular weight is 307 g/mol. The highest BCUT2D eigenvalue weighted by atomic mass is 16.3. The molecule has 0 saturated carbocycles. The minimum Gasteiger partial charge on any atom is -0.387 e. The smallest absolute Gasteiger partial charge is 0.244 e. The van der Waals surface area contributed by atoms with E-state index in [1.54, 1.807) is 18.5 Å². The molecule has 3 N–H and O–H groups in total. The van der Waals surface area contributed by atoms with Crippen LogP contribution in [0.15, 0.2) is 60.9 Å². The normalized spacial score (nSPS) is 12.6. The van der Waals surface area contributed by atoms with Crippen molar-refractivity contribution in [1.29, 1.82) is 0 Å². The Morgan fingerprint density at radius 2 is 2.09 bits per heavy atom. The summed E-state index contributed by atoms with van der Waals surface area (Å²) in [6, 6.07) is 13.0. The first-order chi connectivity index (χ1) is 11.2. The average Bonchev–Trinajstić information content (AvgIpc) is 3.02. The summed E-state index contributed by atoms with van der Waals surface area (Å²) in [5.41, 5.74) is 2.46. The van der Waals surface area contributed by atoms with Crippen molar-refractivity contribution in [1.82, 2.24) is 15.3 Å². The first-order valence-corrected chi connectivity index (χ1v) is 7.35. The number of H-pyrrole nitrogens is 1. The van der Waals surface area contributed by atoms with E-state index in [1.807, 2.05) is 42.5 Å². The predicted octanol–water partition coefficient (Wildman–Crippen LogP) is 2.43. The monoisotopic (exact) mass is 307 g/mol. The third-order valence-electron chi connectivity index (χ3n) is 3.55. The van der Waals surface area contributed by atoms with E-state index in [0.717, 1.165) is 22.2 Å². The van der Waals surface area contributed by atoms with Crippen molar-refractivity contribution in [2.45, 2.75) is 6.10 Å². The van der Waals surface area contributed by atoms with Crippen LogP contribution in [0, 0.1) is 0 Å².